The van der Waals surface area contributed by atoms with Gasteiger partial charge in [-0.1, -0.05) is 40.2 Å². The molecule has 0 radical (unpaired) electrons. The Bertz CT molecular complexity index is 765. The van der Waals surface area contributed by atoms with E-state index in [-0.39, 0.29) is 12.4 Å². The first kappa shape index (κ1) is 13.8. The molecule has 0 aliphatic carbocycles. The summed E-state index contributed by atoms with van der Waals surface area (Å²) in [5.74, 6) is -0.239. The molecule has 0 aliphatic rings. The van der Waals surface area contributed by atoms with Crippen molar-refractivity contribution in [2.24, 2.45) is 0 Å². The molecule has 0 saturated heterocycles. The van der Waals surface area contributed by atoms with Gasteiger partial charge >= 0.3 is 5.97 Å². The van der Waals surface area contributed by atoms with Crippen LogP contribution in [0.3, 0.4) is 0 Å². The van der Waals surface area contributed by atoms with Crippen LogP contribution >= 0.6 is 15.9 Å². The molecule has 5 heteroatoms. The van der Waals surface area contributed by atoms with E-state index in [0.717, 1.165) is 26.5 Å². The number of hydrogen-bond donors (Lipinski definition) is 1. The van der Waals surface area contributed by atoms with Gasteiger partial charge in [-0.05, 0) is 29.3 Å². The van der Waals surface area contributed by atoms with Crippen molar-refractivity contribution in [1.82, 2.24) is 10.2 Å². The Morgan fingerprint density at radius 3 is 2.71 bits per heavy atom. The van der Waals surface area contributed by atoms with Gasteiger partial charge in [-0.3, -0.25) is 9.89 Å². The van der Waals surface area contributed by atoms with Crippen LogP contribution in [0.5, 0.6) is 0 Å². The van der Waals surface area contributed by atoms with Gasteiger partial charge in [-0.15, -0.1) is 0 Å². The van der Waals surface area contributed by atoms with Crippen molar-refractivity contribution >= 4 is 32.8 Å². The molecule has 2 aromatic carbocycles. The molecule has 0 aliphatic heterocycles. The van der Waals surface area contributed by atoms with Crippen LogP contribution in [-0.2, 0) is 22.6 Å². The monoisotopic (exact) mass is 344 g/mol. The fraction of sp³-hybridized carbons (Fsp3) is 0.125. The molecule has 0 amide bonds. The Kier molecular flexibility index (Phi) is 4.01. The molecule has 21 heavy (non-hydrogen) atoms. The Morgan fingerprint density at radius 1 is 1.14 bits per heavy atom. The zero-order valence-electron chi connectivity index (χ0n) is 11.2. The van der Waals surface area contributed by atoms with Gasteiger partial charge in [0.25, 0.3) is 0 Å². The summed E-state index contributed by atoms with van der Waals surface area (Å²) in [6.45, 7) is 0.290. The van der Waals surface area contributed by atoms with Crippen molar-refractivity contribution < 1.29 is 9.53 Å². The molecule has 4 nitrogen and oxygen atoms in total. The summed E-state index contributed by atoms with van der Waals surface area (Å²) >= 11 is 3.37. The fourth-order valence-electron chi connectivity index (χ4n) is 2.06. The Labute approximate surface area is 130 Å². The van der Waals surface area contributed by atoms with Crippen LogP contribution in [0.4, 0.5) is 0 Å². The van der Waals surface area contributed by atoms with Crippen LogP contribution < -0.4 is 0 Å². The van der Waals surface area contributed by atoms with Gasteiger partial charge in [0.15, 0.2) is 0 Å². The molecular formula is C16H13BrN2O2. The van der Waals surface area contributed by atoms with E-state index < -0.39 is 0 Å². The number of nitrogens with one attached hydrogen (secondary N) is 1. The second-order valence-corrected chi connectivity index (χ2v) is 5.67. The SMILES string of the molecule is O=C(Cc1ccc2cn[nH]c2c1)OCc1ccc(Br)cc1. The van der Waals surface area contributed by atoms with Gasteiger partial charge in [0.05, 0.1) is 18.1 Å². The molecule has 106 valence electrons. The molecule has 0 unspecified atom stereocenters. The number of esters is 1. The van der Waals surface area contributed by atoms with Gasteiger partial charge in [0, 0.05) is 9.86 Å². The summed E-state index contributed by atoms with van der Waals surface area (Å²) in [6.07, 6.45) is 2.01. The van der Waals surface area contributed by atoms with Gasteiger partial charge in [-0.2, -0.15) is 5.10 Å². The molecule has 0 atom stereocenters. The summed E-state index contributed by atoms with van der Waals surface area (Å²) in [7, 11) is 0. The molecule has 1 N–H and O–H groups in total. The largest absolute Gasteiger partial charge is 0.461 e. The zero-order chi connectivity index (χ0) is 14.7. The number of benzene rings is 2. The molecule has 0 fully saturated rings. The van der Waals surface area contributed by atoms with Crippen molar-refractivity contribution in [3.8, 4) is 0 Å². The average Bonchev–Trinajstić information content (AvgIpc) is 2.94. The van der Waals surface area contributed by atoms with Crippen molar-refractivity contribution in [3.05, 3.63) is 64.3 Å². The molecule has 3 rings (SSSR count). The predicted molar refractivity (Wildman–Crippen MR) is 83.7 cm³/mol. The van der Waals surface area contributed by atoms with E-state index in [1.165, 1.54) is 0 Å². The Morgan fingerprint density at radius 2 is 1.90 bits per heavy atom. The number of nitrogens with zero attached hydrogens (tertiary/aromatic N) is 1. The van der Waals surface area contributed by atoms with Crippen LogP contribution in [0.1, 0.15) is 11.1 Å². The highest BCUT2D eigenvalue weighted by Gasteiger charge is 2.07. The third kappa shape index (κ3) is 3.49. The number of carbonyl (C=O) groups is 1. The number of hydrogen-bond acceptors (Lipinski definition) is 3. The van der Waals surface area contributed by atoms with Crippen molar-refractivity contribution in [2.75, 3.05) is 0 Å². The second kappa shape index (κ2) is 6.10. The lowest BCUT2D eigenvalue weighted by molar-refractivity contribution is -0.144. The van der Waals surface area contributed by atoms with Crippen LogP contribution in [-0.4, -0.2) is 16.2 Å². The molecule has 0 saturated carbocycles. The van der Waals surface area contributed by atoms with E-state index in [4.69, 9.17) is 4.74 Å². The second-order valence-electron chi connectivity index (χ2n) is 4.76. The summed E-state index contributed by atoms with van der Waals surface area (Å²) in [4.78, 5) is 11.9. The third-order valence-electron chi connectivity index (χ3n) is 3.17. The van der Waals surface area contributed by atoms with Gasteiger partial charge < -0.3 is 4.74 Å². The number of halogens is 1. The van der Waals surface area contributed by atoms with E-state index in [2.05, 4.69) is 26.1 Å². The lowest BCUT2D eigenvalue weighted by atomic mass is 10.1. The zero-order valence-corrected chi connectivity index (χ0v) is 12.8. The highest BCUT2D eigenvalue weighted by Crippen LogP contribution is 2.14. The van der Waals surface area contributed by atoms with E-state index in [1.807, 2.05) is 42.5 Å². The lowest BCUT2D eigenvalue weighted by Crippen LogP contribution is -2.07. The normalized spacial score (nSPS) is 10.7. The van der Waals surface area contributed by atoms with Gasteiger partial charge in [-0.25, -0.2) is 0 Å². The maximum atomic E-state index is 11.9. The van der Waals surface area contributed by atoms with E-state index in [0.29, 0.717) is 6.61 Å². The number of fused-ring (bicyclic) bond motifs is 1. The van der Waals surface area contributed by atoms with E-state index >= 15 is 0 Å². The van der Waals surface area contributed by atoms with Crippen molar-refractivity contribution in [3.63, 3.8) is 0 Å². The van der Waals surface area contributed by atoms with Crippen LogP contribution in [0.15, 0.2) is 53.1 Å². The minimum Gasteiger partial charge on any atom is -0.461 e. The maximum absolute atomic E-state index is 11.9. The third-order valence-corrected chi connectivity index (χ3v) is 3.70. The first-order chi connectivity index (χ1) is 10.2. The van der Waals surface area contributed by atoms with Crippen molar-refractivity contribution in [1.29, 1.82) is 0 Å². The van der Waals surface area contributed by atoms with Gasteiger partial charge in [0.2, 0.25) is 0 Å². The summed E-state index contributed by atoms with van der Waals surface area (Å²) in [6, 6.07) is 13.5. The maximum Gasteiger partial charge on any atom is 0.310 e. The summed E-state index contributed by atoms with van der Waals surface area (Å²) in [5.41, 5.74) is 2.80. The molecular weight excluding hydrogens is 332 g/mol. The van der Waals surface area contributed by atoms with E-state index in [9.17, 15) is 4.79 Å². The fourth-order valence-corrected chi connectivity index (χ4v) is 2.32. The van der Waals surface area contributed by atoms with Crippen molar-refractivity contribution in [2.45, 2.75) is 13.0 Å². The Balaban J connectivity index is 1.59. The number of aromatic amines is 1. The molecule has 1 aromatic heterocycles. The summed E-state index contributed by atoms with van der Waals surface area (Å²) in [5, 5.41) is 7.88. The number of ether oxygens (including phenoxy) is 1. The highest BCUT2D eigenvalue weighted by molar-refractivity contribution is 9.10. The standard InChI is InChI=1S/C16H13BrN2O2/c17-14-5-2-11(3-6-14)10-21-16(20)8-12-1-4-13-9-18-19-15(13)7-12/h1-7,9H,8,10H2,(H,18,19). The van der Waals surface area contributed by atoms with E-state index in [1.54, 1.807) is 6.20 Å². The first-order valence-electron chi connectivity index (χ1n) is 6.53. The smallest absolute Gasteiger partial charge is 0.310 e. The number of rotatable bonds is 4. The predicted octanol–water partition coefficient (Wildman–Crippen LogP) is 3.61. The van der Waals surface area contributed by atoms with Crippen LogP contribution in [0.25, 0.3) is 10.9 Å². The van der Waals surface area contributed by atoms with Crippen LogP contribution in [0, 0.1) is 0 Å². The molecule has 3 aromatic rings. The molecule has 1 heterocycles. The quantitative estimate of drug-likeness (QED) is 0.735. The lowest BCUT2D eigenvalue weighted by Gasteiger charge is -2.05. The van der Waals surface area contributed by atoms with Gasteiger partial charge in [0.1, 0.15) is 6.61 Å². The molecule has 0 spiro atoms. The van der Waals surface area contributed by atoms with Crippen LogP contribution in [0.2, 0.25) is 0 Å². The topological polar surface area (TPSA) is 55.0 Å². The highest BCUT2D eigenvalue weighted by atomic mass is 79.9. The number of carbonyl (C=O) groups excluding carboxylic acids is 1. The number of H-pyrrole nitrogens is 1. The molecule has 0 bridgehead atoms. The first-order valence-corrected chi connectivity index (χ1v) is 7.32. The summed E-state index contributed by atoms with van der Waals surface area (Å²) < 4.78 is 6.29. The number of aromatic nitrogens is 2. The minimum atomic E-state index is -0.239. The Hall–Kier alpha value is -2.14. The average molecular weight is 345 g/mol. The minimum absolute atomic E-state index is 0.239.